The highest BCUT2D eigenvalue weighted by molar-refractivity contribution is 5.98. The summed E-state index contributed by atoms with van der Waals surface area (Å²) in [4.78, 5) is 28.5. The van der Waals surface area contributed by atoms with Crippen molar-refractivity contribution in [1.29, 1.82) is 0 Å². The molecule has 0 spiro atoms. The van der Waals surface area contributed by atoms with E-state index in [1.54, 1.807) is 23.1 Å². The number of benzene rings is 2. The van der Waals surface area contributed by atoms with E-state index in [2.05, 4.69) is 0 Å². The van der Waals surface area contributed by atoms with Crippen LogP contribution in [0.15, 0.2) is 36.4 Å². The fourth-order valence-corrected chi connectivity index (χ4v) is 3.15. The minimum absolute atomic E-state index is 0.0770. The predicted molar refractivity (Wildman–Crippen MR) is 97.7 cm³/mol. The molecule has 1 saturated heterocycles. The van der Waals surface area contributed by atoms with E-state index in [1.807, 2.05) is 0 Å². The van der Waals surface area contributed by atoms with Gasteiger partial charge in [0.15, 0.2) is 23.1 Å². The molecule has 148 valence electrons. The lowest BCUT2D eigenvalue weighted by atomic mass is 10.1. The van der Waals surface area contributed by atoms with Crippen molar-refractivity contribution in [2.45, 2.75) is 0 Å². The fourth-order valence-electron chi connectivity index (χ4n) is 3.15. The molecule has 0 unspecified atom stereocenters. The number of para-hydroxylation sites is 1. The van der Waals surface area contributed by atoms with Gasteiger partial charge >= 0.3 is 0 Å². The van der Waals surface area contributed by atoms with Crippen molar-refractivity contribution in [3.05, 3.63) is 59.2 Å². The van der Waals surface area contributed by atoms with Crippen LogP contribution in [0, 0.1) is 11.6 Å². The molecule has 0 bridgehead atoms. The van der Waals surface area contributed by atoms with Crippen LogP contribution in [0.2, 0.25) is 0 Å². The molecule has 1 aliphatic rings. The molecule has 1 heterocycles. The van der Waals surface area contributed by atoms with Crippen LogP contribution in [0.25, 0.3) is 0 Å². The Balaban J connectivity index is 1.69. The van der Waals surface area contributed by atoms with Gasteiger partial charge in [-0.05, 0) is 30.3 Å². The first-order chi connectivity index (χ1) is 13.5. The second kappa shape index (κ2) is 8.24. The van der Waals surface area contributed by atoms with Crippen LogP contribution in [0.1, 0.15) is 20.7 Å². The highest BCUT2D eigenvalue weighted by atomic mass is 19.2. The van der Waals surface area contributed by atoms with E-state index < -0.39 is 17.5 Å². The van der Waals surface area contributed by atoms with Gasteiger partial charge in [0.05, 0.1) is 19.8 Å². The van der Waals surface area contributed by atoms with E-state index in [0.717, 1.165) is 12.1 Å². The van der Waals surface area contributed by atoms with Gasteiger partial charge in [-0.15, -0.1) is 0 Å². The molecule has 0 aliphatic carbocycles. The number of piperazine rings is 1. The summed E-state index contributed by atoms with van der Waals surface area (Å²) in [5, 5.41) is 0. The Morgan fingerprint density at radius 1 is 0.857 bits per heavy atom. The smallest absolute Gasteiger partial charge is 0.257 e. The first-order valence-corrected chi connectivity index (χ1v) is 8.71. The second-order valence-corrected chi connectivity index (χ2v) is 6.25. The van der Waals surface area contributed by atoms with Gasteiger partial charge in [0.1, 0.15) is 0 Å². The maximum atomic E-state index is 13.4. The first-order valence-electron chi connectivity index (χ1n) is 8.71. The number of hydrogen-bond donors (Lipinski definition) is 0. The zero-order valence-corrected chi connectivity index (χ0v) is 15.6. The molecule has 3 rings (SSSR count). The molecule has 2 aromatic rings. The summed E-state index contributed by atoms with van der Waals surface area (Å²) >= 11 is 0. The molecular formula is C20H20F2N2O4. The van der Waals surface area contributed by atoms with Gasteiger partial charge in [-0.25, -0.2) is 8.78 Å². The van der Waals surface area contributed by atoms with Crippen LogP contribution in [0.5, 0.6) is 11.5 Å². The molecule has 0 saturated carbocycles. The standard InChI is InChI=1S/C20H20F2N2O4/c1-27-17-5-3-4-14(18(17)28-2)20(26)24-10-8-23(9-11-24)19(25)13-6-7-15(21)16(22)12-13/h3-7,12H,8-11H2,1-2H3. The quantitative estimate of drug-likeness (QED) is 0.805. The van der Waals surface area contributed by atoms with E-state index in [4.69, 9.17) is 9.47 Å². The topological polar surface area (TPSA) is 59.1 Å². The van der Waals surface area contributed by atoms with Gasteiger partial charge in [-0.3, -0.25) is 9.59 Å². The Morgan fingerprint density at radius 2 is 1.50 bits per heavy atom. The van der Waals surface area contributed by atoms with Gasteiger partial charge in [0.25, 0.3) is 11.8 Å². The highest BCUT2D eigenvalue weighted by Gasteiger charge is 2.28. The van der Waals surface area contributed by atoms with E-state index in [1.165, 1.54) is 25.2 Å². The molecular weight excluding hydrogens is 370 g/mol. The third-order valence-electron chi connectivity index (χ3n) is 4.65. The molecule has 6 nitrogen and oxygen atoms in total. The van der Waals surface area contributed by atoms with E-state index in [9.17, 15) is 18.4 Å². The number of ether oxygens (including phenoxy) is 2. The van der Waals surface area contributed by atoms with Gasteiger partial charge in [-0.2, -0.15) is 0 Å². The number of hydrogen-bond acceptors (Lipinski definition) is 4. The predicted octanol–water partition coefficient (Wildman–Crippen LogP) is 2.58. The SMILES string of the molecule is COc1cccc(C(=O)N2CCN(C(=O)c3ccc(F)c(F)c3)CC2)c1OC. The number of rotatable bonds is 4. The van der Waals surface area contributed by atoms with Crippen molar-refractivity contribution in [2.24, 2.45) is 0 Å². The lowest BCUT2D eigenvalue weighted by molar-refractivity contribution is 0.0533. The third kappa shape index (κ3) is 3.76. The van der Waals surface area contributed by atoms with Crippen molar-refractivity contribution < 1.29 is 27.8 Å². The van der Waals surface area contributed by atoms with Crippen molar-refractivity contribution in [1.82, 2.24) is 9.80 Å². The molecule has 2 aromatic carbocycles. The maximum Gasteiger partial charge on any atom is 0.257 e. The van der Waals surface area contributed by atoms with Crippen LogP contribution in [0.4, 0.5) is 8.78 Å². The first kappa shape index (κ1) is 19.6. The van der Waals surface area contributed by atoms with Gasteiger partial charge in [-0.1, -0.05) is 6.07 Å². The van der Waals surface area contributed by atoms with Gasteiger partial charge in [0, 0.05) is 31.7 Å². The van der Waals surface area contributed by atoms with Crippen molar-refractivity contribution >= 4 is 11.8 Å². The Morgan fingerprint density at radius 3 is 2.07 bits per heavy atom. The zero-order valence-electron chi connectivity index (χ0n) is 15.6. The number of methoxy groups -OCH3 is 2. The van der Waals surface area contributed by atoms with Crippen molar-refractivity contribution in [3.63, 3.8) is 0 Å². The Kier molecular flexibility index (Phi) is 5.77. The van der Waals surface area contributed by atoms with E-state index >= 15 is 0 Å². The monoisotopic (exact) mass is 390 g/mol. The molecule has 8 heteroatoms. The van der Waals surface area contributed by atoms with Crippen LogP contribution >= 0.6 is 0 Å². The minimum Gasteiger partial charge on any atom is -0.493 e. The van der Waals surface area contributed by atoms with Crippen molar-refractivity contribution in [2.75, 3.05) is 40.4 Å². The van der Waals surface area contributed by atoms with Crippen LogP contribution < -0.4 is 9.47 Å². The van der Waals surface area contributed by atoms with Crippen LogP contribution in [-0.4, -0.2) is 62.0 Å². The molecule has 1 fully saturated rings. The van der Waals surface area contributed by atoms with Crippen LogP contribution in [0.3, 0.4) is 0 Å². The molecule has 28 heavy (non-hydrogen) atoms. The summed E-state index contributed by atoms with van der Waals surface area (Å²) in [6, 6.07) is 8.13. The summed E-state index contributed by atoms with van der Waals surface area (Å²) in [7, 11) is 2.96. The summed E-state index contributed by atoms with van der Waals surface area (Å²) in [6.07, 6.45) is 0. The number of nitrogens with zero attached hydrogens (tertiary/aromatic N) is 2. The van der Waals surface area contributed by atoms with E-state index in [-0.39, 0.29) is 24.6 Å². The largest absolute Gasteiger partial charge is 0.493 e. The zero-order chi connectivity index (χ0) is 20.3. The summed E-state index contributed by atoms with van der Waals surface area (Å²) in [6.45, 7) is 1.20. The fraction of sp³-hybridized carbons (Fsp3) is 0.300. The average molecular weight is 390 g/mol. The molecule has 0 aromatic heterocycles. The lowest BCUT2D eigenvalue weighted by Gasteiger charge is -2.35. The molecule has 0 radical (unpaired) electrons. The number of carbonyl (C=O) groups excluding carboxylic acids is 2. The maximum absolute atomic E-state index is 13.4. The normalized spacial score (nSPS) is 14.0. The van der Waals surface area contributed by atoms with Gasteiger partial charge < -0.3 is 19.3 Å². The Bertz CT molecular complexity index is 896. The summed E-state index contributed by atoms with van der Waals surface area (Å²) in [5.74, 6) is -1.87. The third-order valence-corrected chi connectivity index (χ3v) is 4.65. The number of halogens is 2. The molecule has 0 N–H and O–H groups in total. The highest BCUT2D eigenvalue weighted by Crippen LogP contribution is 2.31. The summed E-state index contributed by atoms with van der Waals surface area (Å²) < 4.78 is 37.0. The Labute approximate surface area is 161 Å². The van der Waals surface area contributed by atoms with Gasteiger partial charge in [0.2, 0.25) is 0 Å². The minimum atomic E-state index is -1.07. The van der Waals surface area contributed by atoms with E-state index in [0.29, 0.717) is 30.2 Å². The molecule has 2 amide bonds. The number of carbonyl (C=O) groups is 2. The molecule has 1 aliphatic heterocycles. The molecule has 0 atom stereocenters. The lowest BCUT2D eigenvalue weighted by Crippen LogP contribution is -2.50. The second-order valence-electron chi connectivity index (χ2n) is 6.25. The number of amides is 2. The van der Waals surface area contributed by atoms with Crippen LogP contribution in [-0.2, 0) is 0 Å². The van der Waals surface area contributed by atoms with Crippen molar-refractivity contribution in [3.8, 4) is 11.5 Å². The Hall–Kier alpha value is -3.16. The summed E-state index contributed by atoms with van der Waals surface area (Å²) in [5.41, 5.74) is 0.454. The average Bonchev–Trinajstić information content (AvgIpc) is 2.74.